The molecule has 0 saturated carbocycles. The lowest BCUT2D eigenvalue weighted by molar-refractivity contribution is 0.0697. The van der Waals surface area contributed by atoms with Crippen LogP contribution in [0.1, 0.15) is 58.8 Å². The van der Waals surface area contributed by atoms with E-state index in [1.165, 1.54) is 22.2 Å². The molecule has 3 aromatic carbocycles. The molecule has 1 atom stereocenters. The minimum absolute atomic E-state index is 0.126. The maximum absolute atomic E-state index is 14.2. The SMILES string of the molecule is C=CC(c1cccc(C(C)(C)C)c1)S(=O)(=O)n1c(Cc2ccc(C(=O)O)cc2)cc2ccccc21. The number of benzene rings is 3. The Bertz CT molecular complexity index is 1510. The number of carbonyl (C=O) groups is 1. The average Bonchev–Trinajstić information content (AvgIpc) is 3.18. The fourth-order valence-corrected chi connectivity index (χ4v) is 6.16. The third-order valence-electron chi connectivity index (χ3n) is 6.20. The molecule has 35 heavy (non-hydrogen) atoms. The fraction of sp³-hybridized carbons (Fsp3) is 0.207. The Morgan fingerprint density at radius 1 is 1.00 bits per heavy atom. The number of aromatic nitrogens is 1. The highest BCUT2D eigenvalue weighted by atomic mass is 32.2. The van der Waals surface area contributed by atoms with Crippen LogP contribution in [0, 0.1) is 0 Å². The molecule has 4 aromatic rings. The molecule has 1 heterocycles. The van der Waals surface area contributed by atoms with E-state index in [0.717, 1.165) is 16.5 Å². The van der Waals surface area contributed by atoms with Gasteiger partial charge in [0.05, 0.1) is 11.1 Å². The maximum atomic E-state index is 14.2. The van der Waals surface area contributed by atoms with E-state index in [1.807, 2.05) is 48.5 Å². The summed E-state index contributed by atoms with van der Waals surface area (Å²) in [6, 6.07) is 23.4. The summed E-state index contributed by atoms with van der Waals surface area (Å²) in [5.74, 6) is -1.00. The lowest BCUT2D eigenvalue weighted by atomic mass is 9.86. The van der Waals surface area contributed by atoms with Crippen LogP contribution < -0.4 is 0 Å². The Morgan fingerprint density at radius 2 is 1.69 bits per heavy atom. The quantitative estimate of drug-likeness (QED) is 0.309. The number of hydrogen-bond donors (Lipinski definition) is 1. The predicted octanol–water partition coefficient (Wildman–Crippen LogP) is 6.33. The Morgan fingerprint density at radius 3 is 2.31 bits per heavy atom. The van der Waals surface area contributed by atoms with Gasteiger partial charge in [0.1, 0.15) is 5.25 Å². The third kappa shape index (κ3) is 4.80. The van der Waals surface area contributed by atoms with Crippen LogP contribution >= 0.6 is 0 Å². The van der Waals surface area contributed by atoms with E-state index in [9.17, 15) is 18.3 Å². The summed E-state index contributed by atoms with van der Waals surface area (Å²) in [5, 5.41) is 9.07. The first-order chi connectivity index (χ1) is 16.5. The first-order valence-corrected chi connectivity index (χ1v) is 12.9. The van der Waals surface area contributed by atoms with E-state index in [2.05, 4.69) is 27.4 Å². The van der Waals surface area contributed by atoms with Gasteiger partial charge < -0.3 is 5.11 Å². The van der Waals surface area contributed by atoms with Crippen molar-refractivity contribution in [2.24, 2.45) is 0 Å². The van der Waals surface area contributed by atoms with Crippen molar-refractivity contribution in [1.29, 1.82) is 0 Å². The fourth-order valence-electron chi connectivity index (χ4n) is 4.31. The number of nitrogens with zero attached hydrogens (tertiary/aromatic N) is 1. The van der Waals surface area contributed by atoms with E-state index in [0.29, 0.717) is 23.2 Å². The Hall–Kier alpha value is -3.64. The lowest BCUT2D eigenvalue weighted by Gasteiger charge is -2.23. The van der Waals surface area contributed by atoms with Crippen LogP contribution in [0.25, 0.3) is 10.9 Å². The maximum Gasteiger partial charge on any atom is 0.335 e. The van der Waals surface area contributed by atoms with Crippen molar-refractivity contribution in [3.63, 3.8) is 0 Å². The molecule has 0 aliphatic heterocycles. The monoisotopic (exact) mass is 487 g/mol. The molecule has 0 bridgehead atoms. The standard InChI is InChI=1S/C29H29NO4S/c1-5-27(23-10-8-11-24(18-23)29(2,3)4)35(33,34)30-25(19-22-9-6-7-12-26(22)30)17-20-13-15-21(16-14-20)28(31)32/h5-16,18-19,27H,1,17H2,2-4H3,(H,31,32). The van der Waals surface area contributed by atoms with E-state index < -0.39 is 21.2 Å². The number of fused-ring (bicyclic) bond motifs is 1. The summed E-state index contributed by atoms with van der Waals surface area (Å²) in [4.78, 5) is 11.2. The van der Waals surface area contributed by atoms with Gasteiger partial charge in [0.2, 0.25) is 10.0 Å². The molecule has 0 radical (unpaired) electrons. The van der Waals surface area contributed by atoms with Gasteiger partial charge in [-0.05, 0) is 46.4 Å². The Kier molecular flexibility index (Phi) is 6.43. The summed E-state index contributed by atoms with van der Waals surface area (Å²) >= 11 is 0. The van der Waals surface area contributed by atoms with Gasteiger partial charge >= 0.3 is 5.97 Å². The van der Waals surface area contributed by atoms with Crippen molar-refractivity contribution in [2.75, 3.05) is 0 Å². The van der Waals surface area contributed by atoms with Crippen molar-refractivity contribution < 1.29 is 18.3 Å². The minimum atomic E-state index is -3.92. The van der Waals surface area contributed by atoms with E-state index >= 15 is 0 Å². The van der Waals surface area contributed by atoms with Crippen LogP contribution in [0.5, 0.6) is 0 Å². The van der Waals surface area contributed by atoms with Gasteiger partial charge in [0.25, 0.3) is 0 Å². The molecule has 0 spiro atoms. The van der Waals surface area contributed by atoms with Gasteiger partial charge in [-0.25, -0.2) is 17.2 Å². The molecule has 1 aromatic heterocycles. The smallest absolute Gasteiger partial charge is 0.335 e. The molecule has 0 aliphatic rings. The number of para-hydroxylation sites is 1. The zero-order valence-electron chi connectivity index (χ0n) is 20.1. The molecule has 0 amide bonds. The van der Waals surface area contributed by atoms with E-state index in [-0.39, 0.29) is 11.0 Å². The second-order valence-corrected chi connectivity index (χ2v) is 11.6. The molecule has 1 N–H and O–H groups in total. The number of rotatable bonds is 7. The van der Waals surface area contributed by atoms with Gasteiger partial charge in [-0.1, -0.05) is 81.4 Å². The van der Waals surface area contributed by atoms with Gasteiger partial charge in [-0.2, -0.15) is 0 Å². The highest BCUT2D eigenvalue weighted by molar-refractivity contribution is 7.90. The highest BCUT2D eigenvalue weighted by Crippen LogP contribution is 2.34. The molecule has 0 saturated heterocycles. The van der Waals surface area contributed by atoms with Crippen LogP contribution in [0.4, 0.5) is 0 Å². The van der Waals surface area contributed by atoms with Crippen molar-refractivity contribution >= 4 is 26.9 Å². The Labute approximate surface area is 206 Å². The number of carboxylic acids is 1. The zero-order chi connectivity index (χ0) is 25.4. The molecule has 5 nitrogen and oxygen atoms in total. The molecular formula is C29H29NO4S. The largest absolute Gasteiger partial charge is 0.478 e. The molecule has 180 valence electrons. The number of aromatic carboxylic acids is 1. The van der Waals surface area contributed by atoms with Crippen molar-refractivity contribution in [1.82, 2.24) is 3.97 Å². The van der Waals surface area contributed by atoms with E-state index in [4.69, 9.17) is 0 Å². The van der Waals surface area contributed by atoms with Crippen LogP contribution in [-0.4, -0.2) is 23.5 Å². The second-order valence-electron chi connectivity index (χ2n) is 9.71. The van der Waals surface area contributed by atoms with Gasteiger partial charge in [0, 0.05) is 17.5 Å². The predicted molar refractivity (Wildman–Crippen MR) is 141 cm³/mol. The topological polar surface area (TPSA) is 76.4 Å². The first kappa shape index (κ1) is 24.5. The van der Waals surface area contributed by atoms with Crippen LogP contribution in [0.2, 0.25) is 0 Å². The van der Waals surface area contributed by atoms with Crippen LogP contribution in [-0.2, 0) is 21.9 Å². The molecular weight excluding hydrogens is 458 g/mol. The normalized spacial score (nSPS) is 13.0. The number of hydrogen-bond acceptors (Lipinski definition) is 3. The van der Waals surface area contributed by atoms with Crippen LogP contribution in [0.3, 0.4) is 0 Å². The molecule has 6 heteroatoms. The molecule has 1 unspecified atom stereocenters. The molecule has 0 fully saturated rings. The molecule has 4 rings (SSSR count). The summed E-state index contributed by atoms with van der Waals surface area (Å²) in [6.07, 6.45) is 1.82. The Balaban J connectivity index is 1.84. The summed E-state index contributed by atoms with van der Waals surface area (Å²) in [5.41, 5.74) is 3.80. The zero-order valence-corrected chi connectivity index (χ0v) is 20.9. The van der Waals surface area contributed by atoms with Crippen molar-refractivity contribution in [2.45, 2.75) is 37.9 Å². The van der Waals surface area contributed by atoms with Crippen molar-refractivity contribution in [3.05, 3.63) is 119 Å². The summed E-state index contributed by atoms with van der Waals surface area (Å²) in [6.45, 7) is 10.2. The van der Waals surface area contributed by atoms with Crippen LogP contribution in [0.15, 0.2) is 91.5 Å². The summed E-state index contributed by atoms with van der Waals surface area (Å²) in [7, 11) is -3.92. The lowest BCUT2D eigenvalue weighted by Crippen LogP contribution is -2.22. The van der Waals surface area contributed by atoms with Gasteiger partial charge in [-0.15, -0.1) is 6.58 Å². The van der Waals surface area contributed by atoms with Gasteiger partial charge in [0.15, 0.2) is 0 Å². The van der Waals surface area contributed by atoms with Crippen molar-refractivity contribution in [3.8, 4) is 0 Å². The number of carboxylic acid groups (broad SMARTS) is 1. The van der Waals surface area contributed by atoms with Gasteiger partial charge in [-0.3, -0.25) is 0 Å². The van der Waals surface area contributed by atoms with E-state index in [1.54, 1.807) is 18.2 Å². The molecule has 0 aliphatic carbocycles. The summed E-state index contributed by atoms with van der Waals surface area (Å²) < 4.78 is 29.8. The third-order valence-corrected chi connectivity index (χ3v) is 8.24. The highest BCUT2D eigenvalue weighted by Gasteiger charge is 2.30. The average molecular weight is 488 g/mol. The minimum Gasteiger partial charge on any atom is -0.478 e. The second kappa shape index (κ2) is 9.19. The first-order valence-electron chi connectivity index (χ1n) is 11.4.